The van der Waals surface area contributed by atoms with E-state index in [1.54, 1.807) is 13.8 Å². The molecule has 0 saturated carbocycles. The van der Waals surface area contributed by atoms with Gasteiger partial charge >= 0.3 is 6.03 Å². The van der Waals surface area contributed by atoms with Gasteiger partial charge in [-0.15, -0.1) is 0 Å². The third-order valence-electron chi connectivity index (χ3n) is 4.02. The molecule has 0 spiro atoms. The van der Waals surface area contributed by atoms with Gasteiger partial charge in [0.1, 0.15) is 28.8 Å². The first kappa shape index (κ1) is 22.5. The number of rotatable bonds is 9. The van der Waals surface area contributed by atoms with Crippen LogP contribution < -0.4 is 21.1 Å². The Morgan fingerprint density at radius 3 is 2.59 bits per heavy atom. The van der Waals surface area contributed by atoms with E-state index in [0.717, 1.165) is 23.7 Å². The molecule has 0 aliphatic rings. The van der Waals surface area contributed by atoms with Crippen LogP contribution >= 0.6 is 11.5 Å². The Bertz CT molecular complexity index is 891. The number of nitrogens with zero attached hydrogens (tertiary/aromatic N) is 1. The normalized spacial score (nSPS) is 11.8. The van der Waals surface area contributed by atoms with E-state index in [1.165, 1.54) is 0 Å². The Labute approximate surface area is 170 Å². The molecule has 1 heterocycles. The van der Waals surface area contributed by atoms with Crippen molar-refractivity contribution in [2.24, 2.45) is 11.7 Å². The highest BCUT2D eigenvalue weighted by molar-refractivity contribution is 7.11. The Kier molecular flexibility index (Phi) is 7.85. The van der Waals surface area contributed by atoms with Crippen LogP contribution in [0.3, 0.4) is 0 Å². The number of benzene rings is 1. The van der Waals surface area contributed by atoms with Gasteiger partial charge < -0.3 is 20.9 Å². The number of aliphatic hydroxyl groups is 1. The van der Waals surface area contributed by atoms with Crippen LogP contribution in [-0.4, -0.2) is 34.6 Å². The molecule has 0 saturated heterocycles. The molecule has 2 aromatic rings. The number of nitrogens with two attached hydrogens (primary N) is 1. The molecule has 1 aromatic carbocycles. The first-order valence-electron chi connectivity index (χ1n) is 8.81. The standard InChI is InChI=1S/C18H22F2N4O4S/c1-3-10-4-13(20)11(5-12(10)19)8-28-16-14(15(21)26)17(29-24-16)23-18(27)22-6-9(2)7-25/h4-5,9,25H,3,6-8H2,1-2H3,(H2,21,26)(H2,22,23,27). The average molecular weight is 428 g/mol. The highest BCUT2D eigenvalue weighted by Gasteiger charge is 2.22. The van der Waals surface area contributed by atoms with Gasteiger partial charge in [0.05, 0.1) is 0 Å². The molecule has 29 heavy (non-hydrogen) atoms. The molecule has 0 radical (unpaired) electrons. The molecule has 8 nitrogen and oxygen atoms in total. The first-order chi connectivity index (χ1) is 13.8. The SMILES string of the molecule is CCc1cc(F)c(COc2nsc(NC(=O)NCC(C)CO)c2C(N)=O)cc1F. The lowest BCUT2D eigenvalue weighted by atomic mass is 10.1. The molecule has 1 atom stereocenters. The van der Waals surface area contributed by atoms with E-state index in [2.05, 4.69) is 15.0 Å². The third-order valence-corrected chi connectivity index (χ3v) is 4.76. The minimum Gasteiger partial charge on any atom is -0.471 e. The molecule has 158 valence electrons. The number of aromatic nitrogens is 1. The van der Waals surface area contributed by atoms with Gasteiger partial charge in [0.2, 0.25) is 5.88 Å². The molecule has 3 amide bonds. The molecule has 0 aliphatic carbocycles. The van der Waals surface area contributed by atoms with Crippen LogP contribution in [0.4, 0.5) is 18.6 Å². The number of urea groups is 1. The number of halogens is 2. The van der Waals surface area contributed by atoms with Gasteiger partial charge in [-0.05, 0) is 41.6 Å². The summed E-state index contributed by atoms with van der Waals surface area (Å²) in [7, 11) is 0. The van der Waals surface area contributed by atoms with Crippen LogP contribution in [0.5, 0.6) is 5.88 Å². The number of ether oxygens (including phenoxy) is 1. The van der Waals surface area contributed by atoms with Gasteiger partial charge in [0.25, 0.3) is 5.91 Å². The second-order valence-electron chi connectivity index (χ2n) is 6.36. The monoisotopic (exact) mass is 428 g/mol. The zero-order valence-corrected chi connectivity index (χ0v) is 16.7. The van der Waals surface area contributed by atoms with E-state index in [9.17, 15) is 18.4 Å². The summed E-state index contributed by atoms with van der Waals surface area (Å²) < 4.78 is 37.3. The number of hydrogen-bond acceptors (Lipinski definition) is 6. The van der Waals surface area contributed by atoms with Gasteiger partial charge in [-0.2, -0.15) is 4.37 Å². The van der Waals surface area contributed by atoms with Crippen LogP contribution in [-0.2, 0) is 13.0 Å². The zero-order valence-electron chi connectivity index (χ0n) is 15.9. The number of nitrogens with one attached hydrogen (secondary N) is 2. The second kappa shape index (κ2) is 10.1. The first-order valence-corrected chi connectivity index (χ1v) is 9.58. The number of aliphatic hydroxyl groups excluding tert-OH is 1. The van der Waals surface area contributed by atoms with Crippen molar-refractivity contribution in [1.29, 1.82) is 0 Å². The fraction of sp³-hybridized carbons (Fsp3) is 0.389. The molecule has 1 unspecified atom stereocenters. The van der Waals surface area contributed by atoms with Crippen molar-refractivity contribution in [2.75, 3.05) is 18.5 Å². The van der Waals surface area contributed by atoms with Crippen molar-refractivity contribution in [1.82, 2.24) is 9.69 Å². The lowest BCUT2D eigenvalue weighted by molar-refractivity contribution is 0.0996. The van der Waals surface area contributed by atoms with E-state index in [4.69, 9.17) is 15.6 Å². The summed E-state index contributed by atoms with van der Waals surface area (Å²) in [5.74, 6) is -2.44. The number of hydrogen-bond donors (Lipinski definition) is 4. The number of carbonyl (C=O) groups is 2. The molecule has 0 aliphatic heterocycles. The molecule has 5 N–H and O–H groups in total. The zero-order chi connectivity index (χ0) is 21.6. The highest BCUT2D eigenvalue weighted by Crippen LogP contribution is 2.31. The van der Waals surface area contributed by atoms with Gasteiger partial charge in [-0.3, -0.25) is 10.1 Å². The Hall–Kier alpha value is -2.79. The van der Waals surface area contributed by atoms with Gasteiger partial charge in [0.15, 0.2) is 0 Å². The second-order valence-corrected chi connectivity index (χ2v) is 7.13. The molecule has 2 rings (SSSR count). The summed E-state index contributed by atoms with van der Waals surface area (Å²) in [5.41, 5.74) is 5.37. The summed E-state index contributed by atoms with van der Waals surface area (Å²) >= 11 is 0.756. The number of aryl methyl sites for hydroxylation is 1. The maximum absolute atomic E-state index is 14.1. The van der Waals surface area contributed by atoms with Crippen LogP contribution in [0.2, 0.25) is 0 Å². The van der Waals surface area contributed by atoms with Crippen molar-refractivity contribution in [3.8, 4) is 5.88 Å². The van der Waals surface area contributed by atoms with Crippen molar-refractivity contribution in [3.05, 3.63) is 40.5 Å². The molecule has 0 bridgehead atoms. The summed E-state index contributed by atoms with van der Waals surface area (Å²) in [6, 6.07) is 1.50. The van der Waals surface area contributed by atoms with Gasteiger partial charge in [-0.25, -0.2) is 13.6 Å². The van der Waals surface area contributed by atoms with E-state index >= 15 is 0 Å². The molecular formula is C18H22F2N4O4S. The largest absolute Gasteiger partial charge is 0.471 e. The fourth-order valence-corrected chi connectivity index (χ4v) is 3.05. The number of carbonyl (C=O) groups excluding carboxylic acids is 2. The Morgan fingerprint density at radius 1 is 1.31 bits per heavy atom. The van der Waals surface area contributed by atoms with Crippen molar-refractivity contribution >= 4 is 28.5 Å². The summed E-state index contributed by atoms with van der Waals surface area (Å²) in [6.45, 7) is 3.19. The summed E-state index contributed by atoms with van der Waals surface area (Å²) in [6.07, 6.45) is 0.343. The quantitative estimate of drug-likeness (QED) is 0.488. The van der Waals surface area contributed by atoms with Crippen molar-refractivity contribution in [3.63, 3.8) is 0 Å². The minimum absolute atomic E-state index is 0.0478. The minimum atomic E-state index is -0.902. The maximum atomic E-state index is 14.1. The summed E-state index contributed by atoms with van der Waals surface area (Å²) in [4.78, 5) is 23.7. The van der Waals surface area contributed by atoms with E-state index < -0.39 is 23.6 Å². The number of anilines is 1. The van der Waals surface area contributed by atoms with Crippen molar-refractivity contribution < 1.29 is 28.2 Å². The van der Waals surface area contributed by atoms with Crippen molar-refractivity contribution in [2.45, 2.75) is 26.9 Å². The van der Waals surface area contributed by atoms with Gasteiger partial charge in [-0.1, -0.05) is 13.8 Å². The van der Waals surface area contributed by atoms with E-state index in [0.29, 0.717) is 6.42 Å². The van der Waals surface area contributed by atoms with E-state index in [-0.39, 0.29) is 53.2 Å². The summed E-state index contributed by atoms with van der Waals surface area (Å²) in [5, 5.41) is 14.0. The number of primary amides is 1. The van der Waals surface area contributed by atoms with Crippen LogP contribution in [0.1, 0.15) is 35.3 Å². The maximum Gasteiger partial charge on any atom is 0.319 e. The molecular weight excluding hydrogens is 406 g/mol. The lowest BCUT2D eigenvalue weighted by Crippen LogP contribution is -2.33. The van der Waals surface area contributed by atoms with Crippen LogP contribution in [0, 0.1) is 17.6 Å². The molecule has 11 heteroatoms. The Morgan fingerprint density at radius 2 is 1.97 bits per heavy atom. The molecule has 0 fully saturated rings. The third kappa shape index (κ3) is 5.84. The van der Waals surface area contributed by atoms with Gasteiger partial charge in [0, 0.05) is 18.7 Å². The Balaban J connectivity index is 2.11. The predicted octanol–water partition coefficient (Wildman–Crippen LogP) is 2.41. The predicted molar refractivity (Wildman–Crippen MR) is 104 cm³/mol. The highest BCUT2D eigenvalue weighted by atomic mass is 32.1. The fourth-order valence-electron chi connectivity index (χ4n) is 2.31. The average Bonchev–Trinajstić information content (AvgIpc) is 3.08. The van der Waals surface area contributed by atoms with Crippen LogP contribution in [0.15, 0.2) is 12.1 Å². The van der Waals surface area contributed by atoms with Crippen LogP contribution in [0.25, 0.3) is 0 Å². The molecule has 1 aromatic heterocycles. The number of amides is 3. The van der Waals surface area contributed by atoms with E-state index in [1.807, 2.05) is 0 Å². The lowest BCUT2D eigenvalue weighted by Gasteiger charge is -2.11. The smallest absolute Gasteiger partial charge is 0.319 e. The topological polar surface area (TPSA) is 127 Å².